The molecule has 2 aromatic heterocycles. The van der Waals surface area contributed by atoms with E-state index in [0.29, 0.717) is 9.40 Å². The van der Waals surface area contributed by atoms with Crippen molar-refractivity contribution in [2.75, 3.05) is 5.32 Å². The van der Waals surface area contributed by atoms with Gasteiger partial charge in [-0.3, -0.25) is 19.1 Å². The molecule has 1 amide bonds. The molecular weight excluding hydrogens is 371 g/mol. The molecule has 26 heavy (non-hydrogen) atoms. The van der Waals surface area contributed by atoms with Crippen LogP contribution in [-0.4, -0.2) is 15.5 Å². The molecule has 2 heterocycles. The topological polar surface area (TPSA) is 84.0 Å². The van der Waals surface area contributed by atoms with Crippen LogP contribution < -0.4 is 16.6 Å². The standard InChI is InChI=1S/C16H12F3N3O3S/c1-8-5-11-13(26-8)21-15(25)22(14(11)24)7-12(23)20-10-4-2-3-9(6-10)16(17,18)19/h2-6H,7H2,1H3,(H,20,23)(H,21,25). The van der Waals surface area contributed by atoms with Gasteiger partial charge in [-0.05, 0) is 31.2 Å². The summed E-state index contributed by atoms with van der Waals surface area (Å²) in [6.45, 7) is 1.16. The lowest BCUT2D eigenvalue weighted by molar-refractivity contribution is -0.137. The second kappa shape index (κ2) is 6.45. The monoisotopic (exact) mass is 383 g/mol. The second-order valence-corrected chi connectivity index (χ2v) is 6.80. The Morgan fingerprint density at radius 3 is 2.69 bits per heavy atom. The Morgan fingerprint density at radius 1 is 1.27 bits per heavy atom. The third kappa shape index (κ3) is 3.54. The van der Waals surface area contributed by atoms with Gasteiger partial charge in [0.1, 0.15) is 11.4 Å². The molecule has 2 N–H and O–H groups in total. The summed E-state index contributed by atoms with van der Waals surface area (Å²) in [5.41, 5.74) is -2.39. The van der Waals surface area contributed by atoms with Crippen molar-refractivity contribution in [1.29, 1.82) is 0 Å². The number of halogens is 3. The summed E-state index contributed by atoms with van der Waals surface area (Å²) in [7, 11) is 0. The average molecular weight is 383 g/mol. The molecule has 0 saturated carbocycles. The maximum absolute atomic E-state index is 12.7. The fourth-order valence-electron chi connectivity index (χ4n) is 2.43. The molecule has 10 heteroatoms. The van der Waals surface area contributed by atoms with E-state index in [1.165, 1.54) is 17.4 Å². The van der Waals surface area contributed by atoms with Gasteiger partial charge in [0.05, 0.1) is 10.9 Å². The predicted octanol–water partition coefficient (Wildman–Crippen LogP) is 2.72. The number of amides is 1. The Bertz CT molecular complexity index is 1110. The number of aromatic amines is 1. The SMILES string of the molecule is Cc1cc2c(=O)n(CC(=O)Nc3cccc(C(F)(F)F)c3)c(=O)[nH]c2s1. The number of thiophene rings is 1. The first kappa shape index (κ1) is 17.9. The molecule has 0 aliphatic carbocycles. The molecule has 0 radical (unpaired) electrons. The molecule has 0 fully saturated rings. The zero-order valence-electron chi connectivity index (χ0n) is 13.3. The van der Waals surface area contributed by atoms with Crippen LogP contribution >= 0.6 is 11.3 Å². The van der Waals surface area contributed by atoms with E-state index in [9.17, 15) is 27.6 Å². The van der Waals surface area contributed by atoms with Gasteiger partial charge in [0.15, 0.2) is 0 Å². The van der Waals surface area contributed by atoms with E-state index in [1.807, 2.05) is 0 Å². The van der Waals surface area contributed by atoms with E-state index in [2.05, 4.69) is 10.3 Å². The van der Waals surface area contributed by atoms with Gasteiger partial charge in [-0.15, -0.1) is 11.3 Å². The number of fused-ring (bicyclic) bond motifs is 1. The first-order chi connectivity index (χ1) is 12.1. The van der Waals surface area contributed by atoms with E-state index in [0.717, 1.165) is 23.1 Å². The molecule has 3 rings (SSSR count). The molecule has 0 atom stereocenters. The van der Waals surface area contributed by atoms with Crippen molar-refractivity contribution in [1.82, 2.24) is 9.55 Å². The Hall–Kier alpha value is -2.88. The van der Waals surface area contributed by atoms with Crippen molar-refractivity contribution in [3.05, 3.63) is 61.6 Å². The number of nitrogens with one attached hydrogen (secondary N) is 2. The van der Waals surface area contributed by atoms with Crippen LogP contribution in [0.25, 0.3) is 10.2 Å². The molecule has 0 saturated heterocycles. The zero-order valence-corrected chi connectivity index (χ0v) is 14.1. The summed E-state index contributed by atoms with van der Waals surface area (Å²) in [6, 6.07) is 5.68. The molecule has 0 aliphatic heterocycles. The van der Waals surface area contributed by atoms with Crippen LogP contribution in [0.3, 0.4) is 0 Å². The van der Waals surface area contributed by atoms with Crippen molar-refractivity contribution in [2.24, 2.45) is 0 Å². The van der Waals surface area contributed by atoms with E-state index < -0.39 is 35.4 Å². The fourth-order valence-corrected chi connectivity index (χ4v) is 3.32. The molecule has 0 aliphatic rings. The smallest absolute Gasteiger partial charge is 0.325 e. The Kier molecular flexibility index (Phi) is 4.45. The van der Waals surface area contributed by atoms with Crippen LogP contribution in [0, 0.1) is 6.92 Å². The van der Waals surface area contributed by atoms with E-state index >= 15 is 0 Å². The van der Waals surface area contributed by atoms with Gasteiger partial charge in [0, 0.05) is 10.6 Å². The first-order valence-corrected chi connectivity index (χ1v) is 8.17. The minimum atomic E-state index is -4.54. The van der Waals surface area contributed by atoms with Crippen LogP contribution in [-0.2, 0) is 17.5 Å². The number of rotatable bonds is 3. The number of alkyl halides is 3. The van der Waals surface area contributed by atoms with Crippen molar-refractivity contribution in [3.63, 3.8) is 0 Å². The van der Waals surface area contributed by atoms with Crippen LogP contribution in [0.2, 0.25) is 0 Å². The Balaban J connectivity index is 1.86. The molecule has 136 valence electrons. The largest absolute Gasteiger partial charge is 0.416 e. The van der Waals surface area contributed by atoms with Gasteiger partial charge in [0.25, 0.3) is 5.56 Å². The lowest BCUT2D eigenvalue weighted by Gasteiger charge is -2.10. The molecule has 3 aromatic rings. The summed E-state index contributed by atoms with van der Waals surface area (Å²) >= 11 is 1.24. The molecule has 0 unspecified atom stereocenters. The van der Waals surface area contributed by atoms with E-state index in [1.54, 1.807) is 13.0 Å². The number of hydrogen-bond acceptors (Lipinski definition) is 4. The van der Waals surface area contributed by atoms with Crippen LogP contribution in [0.1, 0.15) is 10.4 Å². The van der Waals surface area contributed by atoms with E-state index in [-0.39, 0.29) is 11.1 Å². The van der Waals surface area contributed by atoms with Crippen molar-refractivity contribution < 1.29 is 18.0 Å². The fraction of sp³-hybridized carbons (Fsp3) is 0.188. The average Bonchev–Trinajstić information content (AvgIpc) is 2.91. The van der Waals surface area contributed by atoms with Crippen LogP contribution in [0.5, 0.6) is 0 Å². The van der Waals surface area contributed by atoms with Gasteiger partial charge in [-0.25, -0.2) is 4.79 Å². The highest BCUT2D eigenvalue weighted by molar-refractivity contribution is 7.18. The van der Waals surface area contributed by atoms with Crippen LogP contribution in [0.4, 0.5) is 18.9 Å². The van der Waals surface area contributed by atoms with Crippen molar-refractivity contribution in [3.8, 4) is 0 Å². The maximum Gasteiger partial charge on any atom is 0.416 e. The lowest BCUT2D eigenvalue weighted by Crippen LogP contribution is -2.38. The highest BCUT2D eigenvalue weighted by atomic mass is 32.1. The summed E-state index contributed by atoms with van der Waals surface area (Å²) < 4.78 is 38.8. The Labute approximate surface area is 147 Å². The number of benzene rings is 1. The number of hydrogen-bond donors (Lipinski definition) is 2. The zero-order chi connectivity index (χ0) is 19.1. The maximum atomic E-state index is 12.7. The molecule has 0 spiro atoms. The van der Waals surface area contributed by atoms with Gasteiger partial charge >= 0.3 is 11.9 Å². The predicted molar refractivity (Wildman–Crippen MR) is 91.5 cm³/mol. The molecule has 0 bridgehead atoms. The van der Waals surface area contributed by atoms with Crippen LogP contribution in [0.15, 0.2) is 39.9 Å². The summed E-state index contributed by atoms with van der Waals surface area (Å²) in [4.78, 5) is 40.2. The van der Waals surface area contributed by atoms with Gasteiger partial charge in [-0.1, -0.05) is 6.07 Å². The normalized spacial score (nSPS) is 11.7. The second-order valence-electron chi connectivity index (χ2n) is 5.55. The first-order valence-electron chi connectivity index (χ1n) is 7.35. The quantitative estimate of drug-likeness (QED) is 0.729. The number of anilines is 1. The van der Waals surface area contributed by atoms with Gasteiger partial charge < -0.3 is 5.32 Å². The van der Waals surface area contributed by atoms with Gasteiger partial charge in [0.2, 0.25) is 5.91 Å². The summed E-state index contributed by atoms with van der Waals surface area (Å²) in [5, 5.41) is 2.54. The number of carbonyl (C=O) groups is 1. The van der Waals surface area contributed by atoms with Crippen molar-refractivity contribution in [2.45, 2.75) is 19.6 Å². The summed E-state index contributed by atoms with van der Waals surface area (Å²) in [5.74, 6) is -0.789. The number of H-pyrrole nitrogens is 1. The number of carbonyl (C=O) groups excluding carboxylic acids is 1. The number of nitrogens with zero attached hydrogens (tertiary/aromatic N) is 1. The molecular formula is C16H12F3N3O3S. The van der Waals surface area contributed by atoms with Crippen molar-refractivity contribution >= 4 is 33.1 Å². The molecule has 1 aromatic carbocycles. The highest BCUT2D eigenvalue weighted by Gasteiger charge is 2.30. The van der Waals surface area contributed by atoms with Gasteiger partial charge in [-0.2, -0.15) is 13.2 Å². The minimum Gasteiger partial charge on any atom is -0.325 e. The third-order valence-corrected chi connectivity index (χ3v) is 4.54. The minimum absolute atomic E-state index is 0.0817. The number of aromatic nitrogens is 2. The number of aryl methyl sites for hydroxylation is 1. The highest BCUT2D eigenvalue weighted by Crippen LogP contribution is 2.30. The Morgan fingerprint density at radius 2 is 2.00 bits per heavy atom. The summed E-state index contributed by atoms with van der Waals surface area (Å²) in [6.07, 6.45) is -4.54. The lowest BCUT2D eigenvalue weighted by atomic mass is 10.2. The molecule has 6 nitrogen and oxygen atoms in total. The van der Waals surface area contributed by atoms with E-state index in [4.69, 9.17) is 0 Å². The third-order valence-electron chi connectivity index (χ3n) is 3.57.